The smallest absolute Gasteiger partial charge is 0.0529 e. The lowest BCUT2D eigenvalue weighted by Crippen LogP contribution is -2.54. The second-order valence-corrected chi connectivity index (χ2v) is 22.6. The highest BCUT2D eigenvalue weighted by atomic mass is 32.2. The molecule has 0 aromatic heterocycles. The van der Waals surface area contributed by atoms with E-state index in [4.69, 9.17) is 0 Å². The first-order valence-electron chi connectivity index (χ1n) is 3.53. The summed E-state index contributed by atoms with van der Waals surface area (Å²) in [5.74, 6) is 0. The molecular formula is C6H16SSi2. The molecule has 1 rings (SSSR count). The van der Waals surface area contributed by atoms with Crippen molar-refractivity contribution in [2.24, 2.45) is 0 Å². The molecule has 0 aromatic rings. The molecule has 0 bridgehead atoms. The summed E-state index contributed by atoms with van der Waals surface area (Å²) >= 11 is 2.21. The van der Waals surface area contributed by atoms with Crippen LogP contribution in [0.25, 0.3) is 0 Å². The van der Waals surface area contributed by atoms with Crippen molar-refractivity contribution in [3.8, 4) is 0 Å². The molecule has 1 heterocycles. The predicted molar refractivity (Wildman–Crippen MR) is 52.3 cm³/mol. The van der Waals surface area contributed by atoms with Gasteiger partial charge in [-0.15, -0.1) is 0 Å². The lowest BCUT2D eigenvalue weighted by Gasteiger charge is -2.29. The van der Waals surface area contributed by atoms with Crippen molar-refractivity contribution < 1.29 is 0 Å². The lowest BCUT2D eigenvalue weighted by atomic mass is 11.8. The molecule has 0 saturated carbocycles. The highest BCUT2D eigenvalue weighted by Crippen LogP contribution is 2.33. The van der Waals surface area contributed by atoms with Gasteiger partial charge in [-0.3, -0.25) is 0 Å². The van der Waals surface area contributed by atoms with Crippen molar-refractivity contribution in [3.05, 3.63) is 0 Å². The van der Waals surface area contributed by atoms with Crippen LogP contribution in [0.1, 0.15) is 0 Å². The summed E-state index contributed by atoms with van der Waals surface area (Å²) in [4.78, 5) is 0. The SMILES string of the molecule is C[Si]1(C)CSC[Si]1(C)C. The maximum absolute atomic E-state index is 2.57. The Hall–Kier alpha value is 0.784. The van der Waals surface area contributed by atoms with Crippen molar-refractivity contribution in [1.82, 2.24) is 0 Å². The van der Waals surface area contributed by atoms with E-state index < -0.39 is 15.2 Å². The second kappa shape index (κ2) is 2.14. The van der Waals surface area contributed by atoms with E-state index >= 15 is 0 Å². The zero-order valence-corrected chi connectivity index (χ0v) is 9.64. The summed E-state index contributed by atoms with van der Waals surface area (Å²) in [6, 6.07) is 0. The largest absolute Gasteiger partial charge is 0.169 e. The summed E-state index contributed by atoms with van der Waals surface area (Å²) in [5.41, 5.74) is 0. The molecule has 1 saturated heterocycles. The van der Waals surface area contributed by atoms with E-state index in [0.717, 1.165) is 0 Å². The van der Waals surface area contributed by atoms with E-state index in [9.17, 15) is 0 Å². The summed E-state index contributed by atoms with van der Waals surface area (Å²) in [6.45, 7) is 10.3. The summed E-state index contributed by atoms with van der Waals surface area (Å²) in [7, 11) is -1.33. The van der Waals surface area contributed by atoms with Gasteiger partial charge in [-0.05, 0) is 10.8 Å². The molecule has 0 radical (unpaired) electrons. The summed E-state index contributed by atoms with van der Waals surface area (Å²) in [6.07, 6.45) is 0. The molecule has 0 unspecified atom stereocenters. The van der Waals surface area contributed by atoms with E-state index in [1.165, 1.54) is 10.8 Å². The minimum Gasteiger partial charge on any atom is -0.169 e. The molecule has 3 heteroatoms. The van der Waals surface area contributed by atoms with Crippen LogP contribution in [0.2, 0.25) is 26.2 Å². The molecule has 0 nitrogen and oxygen atoms in total. The van der Waals surface area contributed by atoms with Crippen molar-refractivity contribution in [2.75, 3.05) is 10.8 Å². The van der Waals surface area contributed by atoms with Crippen LogP contribution in [0.3, 0.4) is 0 Å². The normalized spacial score (nSPS) is 30.7. The highest BCUT2D eigenvalue weighted by molar-refractivity contribution is 8.06. The molecule has 54 valence electrons. The fraction of sp³-hybridized carbons (Fsp3) is 1.00. The Morgan fingerprint density at radius 3 is 1.33 bits per heavy atom. The standard InChI is InChI=1S/C6H16SSi2/c1-8(2)5-7-6-9(8,3)4/h5-6H2,1-4H3. The van der Waals surface area contributed by atoms with Crippen LogP contribution in [0.4, 0.5) is 0 Å². The van der Waals surface area contributed by atoms with Crippen LogP contribution < -0.4 is 0 Å². The van der Waals surface area contributed by atoms with Gasteiger partial charge < -0.3 is 0 Å². The predicted octanol–water partition coefficient (Wildman–Crippen LogP) is 2.31. The zero-order valence-electron chi connectivity index (χ0n) is 6.82. The van der Waals surface area contributed by atoms with Crippen LogP contribution in [0, 0.1) is 0 Å². The van der Waals surface area contributed by atoms with Crippen LogP contribution in [0.15, 0.2) is 0 Å². The Kier molecular flexibility index (Phi) is 1.87. The van der Waals surface area contributed by atoms with Crippen molar-refractivity contribution in [2.45, 2.75) is 26.2 Å². The van der Waals surface area contributed by atoms with Gasteiger partial charge in [-0.2, -0.15) is 11.8 Å². The van der Waals surface area contributed by atoms with Gasteiger partial charge in [-0.25, -0.2) is 0 Å². The summed E-state index contributed by atoms with van der Waals surface area (Å²) in [5, 5.41) is 3.07. The molecular weight excluding hydrogens is 160 g/mol. The minimum absolute atomic E-state index is 0.666. The Morgan fingerprint density at radius 1 is 0.889 bits per heavy atom. The zero-order chi connectivity index (χ0) is 7.12. The second-order valence-electron chi connectivity index (χ2n) is 4.26. The van der Waals surface area contributed by atoms with Crippen LogP contribution in [0.5, 0.6) is 0 Å². The highest BCUT2D eigenvalue weighted by Gasteiger charge is 2.45. The average Bonchev–Trinajstić information content (AvgIpc) is 1.81. The molecule has 1 fully saturated rings. The van der Waals surface area contributed by atoms with Gasteiger partial charge in [0.15, 0.2) is 0 Å². The fourth-order valence-corrected chi connectivity index (χ4v) is 18.4. The molecule has 0 aromatic carbocycles. The van der Waals surface area contributed by atoms with Crippen molar-refractivity contribution in [1.29, 1.82) is 0 Å². The number of hydrogen-bond donors (Lipinski definition) is 0. The lowest BCUT2D eigenvalue weighted by molar-refractivity contribution is 1.72. The van der Waals surface area contributed by atoms with Gasteiger partial charge in [-0.1, -0.05) is 26.2 Å². The van der Waals surface area contributed by atoms with Gasteiger partial charge in [0.25, 0.3) is 0 Å². The maximum atomic E-state index is 2.57. The third-order valence-corrected chi connectivity index (χ3v) is 27.4. The number of hydrogen-bond acceptors (Lipinski definition) is 1. The van der Waals surface area contributed by atoms with Crippen LogP contribution >= 0.6 is 11.8 Å². The van der Waals surface area contributed by atoms with Gasteiger partial charge >= 0.3 is 0 Å². The minimum atomic E-state index is -0.666. The first-order valence-corrected chi connectivity index (χ1v) is 12.1. The number of thioether (sulfide) groups is 1. The molecule has 0 N–H and O–H groups in total. The van der Waals surface area contributed by atoms with Gasteiger partial charge in [0, 0.05) is 0 Å². The molecule has 9 heavy (non-hydrogen) atoms. The van der Waals surface area contributed by atoms with E-state index in [1.54, 1.807) is 0 Å². The van der Waals surface area contributed by atoms with Crippen molar-refractivity contribution >= 4 is 26.9 Å². The molecule has 0 aliphatic carbocycles. The number of rotatable bonds is 0. The molecule has 0 spiro atoms. The van der Waals surface area contributed by atoms with Gasteiger partial charge in [0.1, 0.15) is 0 Å². The Bertz CT molecular complexity index is 106. The van der Waals surface area contributed by atoms with Crippen LogP contribution in [-0.4, -0.2) is 25.9 Å². The first kappa shape index (κ1) is 7.89. The van der Waals surface area contributed by atoms with E-state index in [2.05, 4.69) is 37.9 Å². The van der Waals surface area contributed by atoms with Gasteiger partial charge in [0.05, 0.1) is 15.2 Å². The quantitative estimate of drug-likeness (QED) is 0.511. The van der Waals surface area contributed by atoms with E-state index in [-0.39, 0.29) is 0 Å². The Balaban J connectivity index is 2.75. The van der Waals surface area contributed by atoms with Crippen LogP contribution in [-0.2, 0) is 0 Å². The first-order chi connectivity index (χ1) is 3.96. The maximum Gasteiger partial charge on any atom is 0.0529 e. The Morgan fingerprint density at radius 2 is 1.22 bits per heavy atom. The topological polar surface area (TPSA) is 0 Å². The molecule has 0 atom stereocenters. The van der Waals surface area contributed by atoms with E-state index in [1.807, 2.05) is 0 Å². The van der Waals surface area contributed by atoms with E-state index in [0.29, 0.717) is 0 Å². The third kappa shape index (κ3) is 1.28. The fourth-order valence-electron chi connectivity index (χ4n) is 0.952. The third-order valence-electron chi connectivity index (χ3n) is 2.76. The molecule has 0 amide bonds. The monoisotopic (exact) mass is 176 g/mol. The van der Waals surface area contributed by atoms with Crippen molar-refractivity contribution in [3.63, 3.8) is 0 Å². The molecule has 1 aliphatic rings. The molecule has 1 aliphatic heterocycles. The Labute approximate surface area is 64.2 Å². The average molecular weight is 176 g/mol. The van der Waals surface area contributed by atoms with Gasteiger partial charge in [0.2, 0.25) is 0 Å². The summed E-state index contributed by atoms with van der Waals surface area (Å²) < 4.78 is 0.